The summed E-state index contributed by atoms with van der Waals surface area (Å²) in [5, 5.41) is 3.41. The van der Waals surface area contributed by atoms with Crippen molar-refractivity contribution in [3.8, 4) is 11.5 Å². The van der Waals surface area contributed by atoms with Crippen molar-refractivity contribution in [3.63, 3.8) is 0 Å². The van der Waals surface area contributed by atoms with Crippen molar-refractivity contribution in [2.45, 2.75) is 84.0 Å². The zero-order chi connectivity index (χ0) is 30.6. The van der Waals surface area contributed by atoms with Crippen LogP contribution in [0.15, 0.2) is 53.3 Å². The second-order valence-electron chi connectivity index (χ2n) is 12.5. The molecule has 2 aliphatic rings. The van der Waals surface area contributed by atoms with Gasteiger partial charge in [-0.25, -0.2) is 4.79 Å². The molecule has 230 valence electrons. The van der Waals surface area contributed by atoms with Crippen molar-refractivity contribution in [1.29, 1.82) is 0 Å². The Morgan fingerprint density at radius 3 is 2.44 bits per heavy atom. The fourth-order valence-corrected chi connectivity index (χ4v) is 6.22. The van der Waals surface area contributed by atoms with Crippen molar-refractivity contribution in [3.05, 3.63) is 70.0 Å². The number of carbonyl (C=O) groups excluding carboxylic acids is 2. The Bertz CT molecular complexity index is 1520. The van der Waals surface area contributed by atoms with Gasteiger partial charge in [-0.15, -0.1) is 0 Å². The fourth-order valence-electron chi connectivity index (χ4n) is 6.22. The third-order valence-electron chi connectivity index (χ3n) is 8.33. The summed E-state index contributed by atoms with van der Waals surface area (Å²) < 4.78 is 19.0. The van der Waals surface area contributed by atoms with Crippen LogP contribution in [0.4, 0.5) is 4.79 Å². The minimum Gasteiger partial charge on any atom is -0.486 e. The van der Waals surface area contributed by atoms with Crippen LogP contribution in [0.1, 0.15) is 75.2 Å². The Balaban J connectivity index is 1.22. The highest BCUT2D eigenvalue weighted by atomic mass is 16.6. The number of hydrogen-bond donors (Lipinski definition) is 1. The molecule has 0 bridgehead atoms. The lowest BCUT2D eigenvalue weighted by atomic mass is 9.82. The molecule has 43 heavy (non-hydrogen) atoms. The number of amides is 2. The molecule has 1 saturated carbocycles. The Morgan fingerprint density at radius 2 is 1.72 bits per heavy atom. The zero-order valence-corrected chi connectivity index (χ0v) is 25.7. The molecule has 9 heteroatoms. The predicted molar refractivity (Wildman–Crippen MR) is 166 cm³/mol. The van der Waals surface area contributed by atoms with E-state index in [9.17, 15) is 14.4 Å². The van der Waals surface area contributed by atoms with Crippen molar-refractivity contribution in [2.75, 3.05) is 20.3 Å². The van der Waals surface area contributed by atoms with Gasteiger partial charge in [0.1, 0.15) is 18.8 Å². The number of benzene rings is 2. The Kier molecular flexibility index (Phi) is 9.28. The zero-order valence-electron chi connectivity index (χ0n) is 25.7. The Morgan fingerprint density at radius 1 is 1.00 bits per heavy atom. The first-order valence-electron chi connectivity index (χ1n) is 15.4. The summed E-state index contributed by atoms with van der Waals surface area (Å²) in [4.78, 5) is 40.6. The molecular weight excluding hydrogens is 546 g/mol. The van der Waals surface area contributed by atoms with Crippen molar-refractivity contribution >= 4 is 22.9 Å². The van der Waals surface area contributed by atoms with Gasteiger partial charge in [0.25, 0.3) is 11.5 Å². The van der Waals surface area contributed by atoms with Crippen LogP contribution in [0.25, 0.3) is 10.9 Å². The Labute approximate surface area is 253 Å². The van der Waals surface area contributed by atoms with E-state index in [0.29, 0.717) is 43.5 Å². The molecule has 1 aliphatic heterocycles. The topological polar surface area (TPSA) is 99.1 Å². The first-order chi connectivity index (χ1) is 20.6. The van der Waals surface area contributed by atoms with Gasteiger partial charge >= 0.3 is 6.09 Å². The number of nitrogens with zero attached hydrogens (tertiary/aromatic N) is 2. The summed E-state index contributed by atoms with van der Waals surface area (Å²) in [5.41, 5.74) is 1.43. The van der Waals surface area contributed by atoms with E-state index in [-0.39, 0.29) is 23.6 Å². The molecule has 9 nitrogen and oxygen atoms in total. The molecule has 0 unspecified atom stereocenters. The summed E-state index contributed by atoms with van der Waals surface area (Å²) in [6, 6.07) is 15.0. The average Bonchev–Trinajstić information content (AvgIpc) is 2.99. The van der Waals surface area contributed by atoms with E-state index in [4.69, 9.17) is 14.2 Å². The van der Waals surface area contributed by atoms with E-state index in [0.717, 1.165) is 60.7 Å². The minimum absolute atomic E-state index is 0.0862. The lowest BCUT2D eigenvalue weighted by molar-refractivity contribution is 0.00771. The average molecular weight is 590 g/mol. The number of rotatable bonds is 8. The largest absolute Gasteiger partial charge is 0.486 e. The van der Waals surface area contributed by atoms with Gasteiger partial charge in [-0.2, -0.15) is 0 Å². The highest BCUT2D eigenvalue weighted by Crippen LogP contribution is 2.35. The van der Waals surface area contributed by atoms with Crippen molar-refractivity contribution in [2.24, 2.45) is 5.92 Å². The summed E-state index contributed by atoms with van der Waals surface area (Å²) in [5.74, 6) is 1.72. The van der Waals surface area contributed by atoms with Gasteiger partial charge in [0.2, 0.25) is 0 Å². The molecule has 1 N–H and O–H groups in total. The normalized spacial score (nSPS) is 18.2. The minimum atomic E-state index is -0.583. The van der Waals surface area contributed by atoms with E-state index in [1.54, 1.807) is 11.6 Å². The third kappa shape index (κ3) is 7.32. The molecule has 3 aromatic rings. The number of para-hydroxylation sites is 1. The Hall–Kier alpha value is -4.01. The molecule has 1 fully saturated rings. The molecule has 2 aromatic carbocycles. The second-order valence-corrected chi connectivity index (χ2v) is 12.5. The molecular formula is C34H43N3O6. The number of ether oxygens (including phenoxy) is 3. The van der Waals surface area contributed by atoms with Gasteiger partial charge in [0.15, 0.2) is 11.5 Å². The second kappa shape index (κ2) is 13.1. The quantitative estimate of drug-likeness (QED) is 0.351. The van der Waals surface area contributed by atoms with Crippen molar-refractivity contribution in [1.82, 2.24) is 14.8 Å². The fraction of sp³-hybridized carbons (Fsp3) is 0.500. The number of nitrogens with one attached hydrogen (secondary N) is 1. The number of fused-ring (bicyclic) bond motifs is 2. The van der Waals surface area contributed by atoms with Gasteiger partial charge in [0.05, 0.1) is 11.1 Å². The van der Waals surface area contributed by atoms with Crippen LogP contribution in [0.5, 0.6) is 11.5 Å². The first kappa shape index (κ1) is 30.4. The van der Waals surface area contributed by atoms with Gasteiger partial charge in [0, 0.05) is 37.6 Å². The van der Waals surface area contributed by atoms with E-state index in [1.807, 2.05) is 68.1 Å². The number of pyridine rings is 1. The molecule has 2 heterocycles. The van der Waals surface area contributed by atoms with Crippen LogP contribution >= 0.6 is 0 Å². The molecule has 0 saturated heterocycles. The molecule has 0 spiro atoms. The summed E-state index contributed by atoms with van der Waals surface area (Å²) in [7, 11) is 1.57. The molecule has 0 radical (unpaired) electrons. The molecule has 0 atom stereocenters. The van der Waals surface area contributed by atoms with Crippen LogP contribution in [-0.2, 0) is 17.8 Å². The highest BCUT2D eigenvalue weighted by molar-refractivity contribution is 6.06. The standard InChI is InChI=1S/C34H43N3O6/c1-34(2,3)43-33(40)37(22-24-13-16-29-30(20-24)42-19-18-41-29)25-14-11-23(12-15-25)8-7-17-36-28-10-6-5-9-26(28)27(21-31(36)38)32(39)35-4/h5-6,9-10,13,16,20-21,23,25H,7-8,11-12,14-15,17-19,22H2,1-4H3,(H,35,39). The number of hydrogen-bond acceptors (Lipinski definition) is 6. The maximum atomic E-state index is 13.4. The molecule has 1 aliphatic carbocycles. The SMILES string of the molecule is CNC(=O)c1cc(=O)n(CCCC2CCC(N(Cc3ccc4c(c3)OCCO4)C(=O)OC(C)(C)C)CC2)c2ccccc12. The van der Waals surface area contributed by atoms with Gasteiger partial charge < -0.3 is 29.0 Å². The van der Waals surface area contributed by atoms with Gasteiger partial charge in [-0.3, -0.25) is 9.59 Å². The van der Waals surface area contributed by atoms with Crippen LogP contribution in [-0.4, -0.2) is 53.4 Å². The molecule has 5 rings (SSSR count). The maximum Gasteiger partial charge on any atom is 0.410 e. The van der Waals surface area contributed by atoms with E-state index in [2.05, 4.69) is 5.32 Å². The lowest BCUT2D eigenvalue weighted by Crippen LogP contribution is -2.44. The number of aryl methyl sites for hydroxylation is 1. The maximum absolute atomic E-state index is 13.4. The van der Waals surface area contributed by atoms with Crippen molar-refractivity contribution < 1.29 is 23.8 Å². The van der Waals surface area contributed by atoms with Gasteiger partial charge in [-0.1, -0.05) is 24.3 Å². The lowest BCUT2D eigenvalue weighted by Gasteiger charge is -2.38. The monoisotopic (exact) mass is 589 g/mol. The van der Waals surface area contributed by atoms with Crippen LogP contribution in [0.3, 0.4) is 0 Å². The molecule has 2 amide bonds. The predicted octanol–water partition coefficient (Wildman–Crippen LogP) is 5.91. The van der Waals surface area contributed by atoms with Gasteiger partial charge in [-0.05, 0) is 89.0 Å². The van der Waals surface area contributed by atoms with Crippen LogP contribution < -0.4 is 20.3 Å². The number of carbonyl (C=O) groups is 2. The number of aromatic nitrogens is 1. The molecule has 1 aromatic heterocycles. The summed E-state index contributed by atoms with van der Waals surface area (Å²) in [6.07, 6.45) is 5.39. The first-order valence-corrected chi connectivity index (χ1v) is 15.4. The van der Waals surface area contributed by atoms with E-state index < -0.39 is 5.60 Å². The summed E-state index contributed by atoms with van der Waals surface area (Å²) >= 11 is 0. The summed E-state index contributed by atoms with van der Waals surface area (Å²) in [6.45, 7) is 7.78. The van der Waals surface area contributed by atoms with Crippen LogP contribution in [0, 0.1) is 5.92 Å². The third-order valence-corrected chi connectivity index (χ3v) is 8.33. The van der Waals surface area contributed by atoms with E-state index in [1.165, 1.54) is 6.07 Å². The highest BCUT2D eigenvalue weighted by Gasteiger charge is 2.32. The smallest absolute Gasteiger partial charge is 0.410 e. The van der Waals surface area contributed by atoms with Crippen LogP contribution in [0.2, 0.25) is 0 Å². The van der Waals surface area contributed by atoms with E-state index >= 15 is 0 Å².